The fourth-order valence-electron chi connectivity index (χ4n) is 2.41. The van der Waals surface area contributed by atoms with Crippen molar-refractivity contribution < 1.29 is 14.1 Å². The maximum Gasteiger partial charge on any atom is 0.259 e. The molecule has 0 aromatic carbocycles. The zero-order chi connectivity index (χ0) is 14.7. The molecule has 3 rings (SSSR count). The summed E-state index contributed by atoms with van der Waals surface area (Å²) in [4.78, 5) is 22.1. The smallest absolute Gasteiger partial charge is 0.259 e. The number of ether oxygens (including phenoxy) is 1. The van der Waals surface area contributed by atoms with Gasteiger partial charge in [-0.1, -0.05) is 5.16 Å². The highest BCUT2D eigenvalue weighted by molar-refractivity contribution is 5.94. The lowest BCUT2D eigenvalue weighted by Gasteiger charge is -2.32. The number of rotatable bonds is 3. The quantitative estimate of drug-likeness (QED) is 0.850. The molecular weight excluding hydrogens is 272 g/mol. The highest BCUT2D eigenvalue weighted by Gasteiger charge is 2.27. The molecular formula is C14H16N4O3. The first kappa shape index (κ1) is 13.5. The third-order valence-corrected chi connectivity index (χ3v) is 3.49. The van der Waals surface area contributed by atoms with E-state index in [1.807, 2.05) is 0 Å². The molecule has 3 heterocycles. The highest BCUT2D eigenvalue weighted by Crippen LogP contribution is 2.19. The van der Waals surface area contributed by atoms with E-state index in [1.165, 1.54) is 12.5 Å². The molecule has 0 bridgehead atoms. The predicted molar refractivity (Wildman–Crippen MR) is 72.8 cm³/mol. The van der Waals surface area contributed by atoms with Crippen molar-refractivity contribution in [2.75, 3.05) is 13.1 Å². The summed E-state index contributed by atoms with van der Waals surface area (Å²) in [6.45, 7) is 2.99. The second-order valence-electron chi connectivity index (χ2n) is 4.98. The molecule has 0 saturated carbocycles. The van der Waals surface area contributed by atoms with Gasteiger partial charge in [-0.25, -0.2) is 9.97 Å². The zero-order valence-electron chi connectivity index (χ0n) is 11.7. The van der Waals surface area contributed by atoms with Gasteiger partial charge in [-0.2, -0.15) is 0 Å². The first-order valence-corrected chi connectivity index (χ1v) is 6.87. The normalized spacial score (nSPS) is 18.5. The Morgan fingerprint density at radius 2 is 2.43 bits per heavy atom. The molecule has 1 aliphatic rings. The number of carbonyl (C=O) groups excluding carboxylic acids is 1. The van der Waals surface area contributed by atoms with Crippen LogP contribution in [-0.4, -0.2) is 45.1 Å². The Hall–Kier alpha value is -2.44. The minimum atomic E-state index is -0.0651. The van der Waals surface area contributed by atoms with Gasteiger partial charge in [0.2, 0.25) is 5.88 Å². The molecule has 0 N–H and O–H groups in total. The lowest BCUT2D eigenvalue weighted by molar-refractivity contribution is 0.0526. The average molecular weight is 288 g/mol. The van der Waals surface area contributed by atoms with E-state index < -0.39 is 0 Å². The standard InChI is InChI=1S/C14H16N4O3/c1-10-12(7-17-21-10)14(19)18-6-2-3-11(8-18)20-13-4-5-15-9-16-13/h4-5,7,9,11H,2-3,6,8H2,1H3. The fraction of sp³-hybridized carbons (Fsp3) is 0.429. The number of hydrogen-bond acceptors (Lipinski definition) is 6. The van der Waals surface area contributed by atoms with Crippen LogP contribution < -0.4 is 4.74 Å². The minimum Gasteiger partial charge on any atom is -0.472 e. The van der Waals surface area contributed by atoms with Crippen molar-refractivity contribution >= 4 is 5.91 Å². The van der Waals surface area contributed by atoms with Crippen molar-refractivity contribution in [3.63, 3.8) is 0 Å². The van der Waals surface area contributed by atoms with Gasteiger partial charge in [0, 0.05) is 18.8 Å². The van der Waals surface area contributed by atoms with Crippen LogP contribution in [0.4, 0.5) is 0 Å². The predicted octanol–water partition coefficient (Wildman–Crippen LogP) is 1.46. The molecule has 7 heteroatoms. The van der Waals surface area contributed by atoms with Crippen LogP contribution in [0.15, 0.2) is 29.3 Å². The molecule has 2 aromatic heterocycles. The Labute approximate surface area is 121 Å². The number of carbonyl (C=O) groups is 1. The lowest BCUT2D eigenvalue weighted by Crippen LogP contribution is -2.44. The Morgan fingerprint density at radius 1 is 1.52 bits per heavy atom. The van der Waals surface area contributed by atoms with Crippen molar-refractivity contribution in [1.82, 2.24) is 20.0 Å². The molecule has 110 valence electrons. The summed E-state index contributed by atoms with van der Waals surface area (Å²) in [5.41, 5.74) is 0.512. The summed E-state index contributed by atoms with van der Waals surface area (Å²) in [5, 5.41) is 3.65. The highest BCUT2D eigenvalue weighted by atomic mass is 16.5. The van der Waals surface area contributed by atoms with Crippen molar-refractivity contribution in [2.24, 2.45) is 0 Å². The number of amides is 1. The fourth-order valence-corrected chi connectivity index (χ4v) is 2.41. The van der Waals surface area contributed by atoms with Crippen LogP contribution >= 0.6 is 0 Å². The Balaban J connectivity index is 1.66. The molecule has 21 heavy (non-hydrogen) atoms. The molecule has 1 fully saturated rings. The van der Waals surface area contributed by atoms with E-state index in [2.05, 4.69) is 15.1 Å². The minimum absolute atomic E-state index is 0.0576. The number of nitrogens with zero attached hydrogens (tertiary/aromatic N) is 4. The summed E-state index contributed by atoms with van der Waals surface area (Å²) in [5.74, 6) is 1.01. The maximum absolute atomic E-state index is 12.4. The molecule has 1 unspecified atom stereocenters. The van der Waals surface area contributed by atoms with Gasteiger partial charge in [0.15, 0.2) is 0 Å². The average Bonchev–Trinajstić information content (AvgIpc) is 2.94. The summed E-state index contributed by atoms with van der Waals surface area (Å²) in [6.07, 6.45) is 6.28. The molecule has 1 atom stereocenters. The molecule has 7 nitrogen and oxygen atoms in total. The van der Waals surface area contributed by atoms with E-state index in [-0.39, 0.29) is 12.0 Å². The van der Waals surface area contributed by atoms with E-state index in [4.69, 9.17) is 9.26 Å². The van der Waals surface area contributed by atoms with Crippen molar-refractivity contribution in [3.05, 3.63) is 36.1 Å². The zero-order valence-corrected chi connectivity index (χ0v) is 11.7. The molecule has 1 amide bonds. The summed E-state index contributed by atoms with van der Waals surface area (Å²) >= 11 is 0. The van der Waals surface area contributed by atoms with Crippen LogP contribution in [0.5, 0.6) is 5.88 Å². The summed E-state index contributed by atoms with van der Waals surface area (Å²) in [7, 11) is 0. The number of aromatic nitrogens is 3. The van der Waals surface area contributed by atoms with Gasteiger partial charge in [-0.15, -0.1) is 0 Å². The number of hydrogen-bond donors (Lipinski definition) is 0. The monoisotopic (exact) mass is 288 g/mol. The lowest BCUT2D eigenvalue weighted by atomic mass is 10.1. The Bertz CT molecular complexity index is 614. The largest absolute Gasteiger partial charge is 0.472 e. The molecule has 2 aromatic rings. The van der Waals surface area contributed by atoms with Gasteiger partial charge in [0.25, 0.3) is 5.91 Å². The van der Waals surface area contributed by atoms with Crippen LogP contribution in [0.25, 0.3) is 0 Å². The Kier molecular flexibility index (Phi) is 3.81. The summed E-state index contributed by atoms with van der Waals surface area (Å²) in [6, 6.07) is 1.71. The second-order valence-corrected chi connectivity index (χ2v) is 4.98. The molecule has 1 aliphatic heterocycles. The van der Waals surface area contributed by atoms with Gasteiger partial charge in [-0.05, 0) is 19.8 Å². The first-order chi connectivity index (χ1) is 10.2. The van der Waals surface area contributed by atoms with Gasteiger partial charge in [0.1, 0.15) is 23.8 Å². The third kappa shape index (κ3) is 3.01. The number of aryl methyl sites for hydroxylation is 1. The van der Waals surface area contributed by atoms with E-state index in [9.17, 15) is 4.79 Å². The van der Waals surface area contributed by atoms with Gasteiger partial charge < -0.3 is 14.2 Å². The van der Waals surface area contributed by atoms with E-state index in [0.717, 1.165) is 12.8 Å². The molecule has 0 radical (unpaired) electrons. The second kappa shape index (κ2) is 5.90. The SMILES string of the molecule is Cc1oncc1C(=O)N1CCCC(Oc2ccncn2)C1. The number of piperidine rings is 1. The van der Waals surface area contributed by atoms with Gasteiger partial charge in [0.05, 0.1) is 12.7 Å². The van der Waals surface area contributed by atoms with E-state index >= 15 is 0 Å². The van der Waals surface area contributed by atoms with E-state index in [1.54, 1.807) is 24.1 Å². The van der Waals surface area contributed by atoms with Crippen molar-refractivity contribution in [3.8, 4) is 5.88 Å². The molecule has 0 aliphatic carbocycles. The third-order valence-electron chi connectivity index (χ3n) is 3.49. The van der Waals surface area contributed by atoms with Crippen molar-refractivity contribution in [1.29, 1.82) is 0 Å². The maximum atomic E-state index is 12.4. The van der Waals surface area contributed by atoms with Crippen molar-refractivity contribution in [2.45, 2.75) is 25.9 Å². The Morgan fingerprint density at radius 3 is 3.14 bits per heavy atom. The van der Waals surface area contributed by atoms with Crippen LogP contribution in [-0.2, 0) is 0 Å². The van der Waals surface area contributed by atoms with Gasteiger partial charge in [-0.3, -0.25) is 4.79 Å². The van der Waals surface area contributed by atoms with Gasteiger partial charge >= 0.3 is 0 Å². The summed E-state index contributed by atoms with van der Waals surface area (Å²) < 4.78 is 10.8. The number of likely N-dealkylation sites (tertiary alicyclic amines) is 1. The van der Waals surface area contributed by atoms with Crippen LogP contribution in [0.2, 0.25) is 0 Å². The van der Waals surface area contributed by atoms with Crippen LogP contribution in [0.1, 0.15) is 29.0 Å². The van der Waals surface area contributed by atoms with Crippen LogP contribution in [0, 0.1) is 6.92 Å². The van der Waals surface area contributed by atoms with Crippen LogP contribution in [0.3, 0.4) is 0 Å². The first-order valence-electron chi connectivity index (χ1n) is 6.87. The molecule has 1 saturated heterocycles. The molecule has 0 spiro atoms. The van der Waals surface area contributed by atoms with E-state index in [0.29, 0.717) is 30.3 Å². The topological polar surface area (TPSA) is 81.4 Å².